The third kappa shape index (κ3) is 8.01. The van der Waals surface area contributed by atoms with E-state index in [1.54, 1.807) is 16.8 Å². The van der Waals surface area contributed by atoms with Crippen molar-refractivity contribution in [1.29, 1.82) is 0 Å². The number of amides is 4. The summed E-state index contributed by atoms with van der Waals surface area (Å²) in [4.78, 5) is 56.9. The first-order chi connectivity index (χ1) is 18.8. The Hall–Kier alpha value is -3.51. The number of aliphatic hydroxyl groups is 1. The Kier molecular flexibility index (Phi) is 10.3. The Balaban J connectivity index is 1.67. The predicted molar refractivity (Wildman–Crippen MR) is 152 cm³/mol. The van der Waals surface area contributed by atoms with Crippen molar-refractivity contribution in [3.8, 4) is 10.4 Å². The molecule has 0 spiro atoms. The standard InChI is InChI=1S/C28H39N5O6S/c1-16(18-8-10-19(11-9-18)23-17(2)30-15-40-23)31-25(36)21-13-20(34)14-33(21)26(37)24(28(3,4)5)32-22(35)7-6-12-29-27(38)39/h8-11,15-16,20-21,24,29,34H,6-7,12-14H2,1-5H3,(H,31,36)(H,32,35)(H,38,39)/t16-,20+,21-,24+/m0/s1. The van der Waals surface area contributed by atoms with Crippen LogP contribution in [-0.4, -0.2) is 75.2 Å². The highest BCUT2D eigenvalue weighted by Crippen LogP contribution is 2.29. The number of aryl methyl sites for hydroxylation is 1. The summed E-state index contributed by atoms with van der Waals surface area (Å²) >= 11 is 1.57. The first-order valence-electron chi connectivity index (χ1n) is 13.3. The van der Waals surface area contributed by atoms with Crippen LogP contribution in [-0.2, 0) is 14.4 Å². The first kappa shape index (κ1) is 31.0. The van der Waals surface area contributed by atoms with Gasteiger partial charge in [-0.05, 0) is 36.8 Å². The molecule has 0 saturated carbocycles. The number of nitrogens with one attached hydrogen (secondary N) is 3. The smallest absolute Gasteiger partial charge is 0.404 e. The highest BCUT2D eigenvalue weighted by Gasteiger charge is 2.44. The fourth-order valence-corrected chi connectivity index (χ4v) is 5.50. The van der Waals surface area contributed by atoms with Crippen molar-refractivity contribution in [2.45, 2.75) is 78.1 Å². The molecule has 0 aliphatic carbocycles. The van der Waals surface area contributed by atoms with Gasteiger partial charge in [0.05, 0.1) is 28.2 Å². The van der Waals surface area contributed by atoms with Crippen LogP contribution >= 0.6 is 11.3 Å². The van der Waals surface area contributed by atoms with Crippen LogP contribution in [0.15, 0.2) is 29.8 Å². The lowest BCUT2D eigenvalue weighted by Gasteiger charge is -2.35. The van der Waals surface area contributed by atoms with Gasteiger partial charge in [-0.2, -0.15) is 0 Å². The second-order valence-electron chi connectivity index (χ2n) is 11.2. The molecule has 4 atom stereocenters. The predicted octanol–water partition coefficient (Wildman–Crippen LogP) is 2.84. The van der Waals surface area contributed by atoms with E-state index < -0.39 is 41.5 Å². The van der Waals surface area contributed by atoms with Crippen LogP contribution < -0.4 is 16.0 Å². The minimum absolute atomic E-state index is 0.0147. The molecule has 0 radical (unpaired) electrons. The minimum atomic E-state index is -1.17. The van der Waals surface area contributed by atoms with E-state index >= 15 is 0 Å². The van der Waals surface area contributed by atoms with E-state index in [2.05, 4.69) is 20.9 Å². The number of carboxylic acid groups (broad SMARTS) is 1. The lowest BCUT2D eigenvalue weighted by Crippen LogP contribution is -2.57. The average Bonchev–Trinajstić information content (AvgIpc) is 3.49. The highest BCUT2D eigenvalue weighted by molar-refractivity contribution is 7.13. The Morgan fingerprint density at radius 3 is 2.40 bits per heavy atom. The van der Waals surface area contributed by atoms with Crippen molar-refractivity contribution in [1.82, 2.24) is 25.8 Å². The van der Waals surface area contributed by atoms with Gasteiger partial charge in [0.25, 0.3) is 0 Å². The topological polar surface area (TPSA) is 161 Å². The third-order valence-corrected chi connectivity index (χ3v) is 7.89. The first-order valence-corrected chi connectivity index (χ1v) is 14.2. The zero-order chi connectivity index (χ0) is 29.6. The van der Waals surface area contributed by atoms with E-state index in [1.807, 2.05) is 58.9 Å². The summed E-state index contributed by atoms with van der Waals surface area (Å²) in [5.74, 6) is -1.22. The number of hydrogen-bond acceptors (Lipinski definition) is 7. The monoisotopic (exact) mass is 573 g/mol. The number of likely N-dealkylation sites (tertiary alicyclic amines) is 1. The molecule has 3 rings (SSSR count). The molecule has 0 bridgehead atoms. The molecule has 218 valence electrons. The Morgan fingerprint density at radius 1 is 1.15 bits per heavy atom. The van der Waals surface area contributed by atoms with Gasteiger partial charge in [-0.25, -0.2) is 9.78 Å². The molecule has 1 fully saturated rings. The minimum Gasteiger partial charge on any atom is -0.465 e. The number of thiazole rings is 1. The van der Waals surface area contributed by atoms with Gasteiger partial charge in [0, 0.05) is 25.9 Å². The third-order valence-electron chi connectivity index (χ3n) is 6.92. The molecule has 4 amide bonds. The number of carbonyl (C=O) groups is 4. The maximum atomic E-state index is 13.7. The van der Waals surface area contributed by atoms with Gasteiger partial charge in [0.15, 0.2) is 0 Å². The number of rotatable bonds is 10. The maximum absolute atomic E-state index is 13.7. The fraction of sp³-hybridized carbons (Fsp3) is 0.536. The maximum Gasteiger partial charge on any atom is 0.404 e. The Morgan fingerprint density at radius 2 is 1.82 bits per heavy atom. The Bertz CT molecular complexity index is 1210. The van der Waals surface area contributed by atoms with Crippen molar-refractivity contribution in [3.05, 3.63) is 41.0 Å². The van der Waals surface area contributed by atoms with Gasteiger partial charge in [-0.1, -0.05) is 45.0 Å². The SMILES string of the molecule is Cc1ncsc1-c1ccc([C@H](C)NC(=O)[C@@H]2C[C@@H](O)CN2C(=O)[C@@H](NC(=O)CCCNC(=O)O)C(C)(C)C)cc1. The molecule has 0 unspecified atom stereocenters. The van der Waals surface area contributed by atoms with Gasteiger partial charge in [0.1, 0.15) is 12.1 Å². The average molecular weight is 574 g/mol. The number of hydrogen-bond donors (Lipinski definition) is 5. The van der Waals surface area contributed by atoms with Gasteiger partial charge in [-0.15, -0.1) is 11.3 Å². The zero-order valence-corrected chi connectivity index (χ0v) is 24.4. The van der Waals surface area contributed by atoms with E-state index in [0.717, 1.165) is 21.7 Å². The normalized spacial score (nSPS) is 18.6. The van der Waals surface area contributed by atoms with Crippen molar-refractivity contribution >= 4 is 35.2 Å². The van der Waals surface area contributed by atoms with Crippen molar-refractivity contribution in [2.75, 3.05) is 13.1 Å². The number of nitrogens with zero attached hydrogens (tertiary/aromatic N) is 2. The molecule has 12 heteroatoms. The summed E-state index contributed by atoms with van der Waals surface area (Å²) in [6.07, 6.45) is -1.63. The molecule has 2 heterocycles. The van der Waals surface area contributed by atoms with Crippen LogP contribution in [0.2, 0.25) is 0 Å². The molecular weight excluding hydrogens is 534 g/mol. The molecule has 1 saturated heterocycles. The van der Waals surface area contributed by atoms with Crippen LogP contribution in [0.3, 0.4) is 0 Å². The molecule has 40 heavy (non-hydrogen) atoms. The van der Waals surface area contributed by atoms with Crippen molar-refractivity contribution in [2.24, 2.45) is 5.41 Å². The number of carbonyl (C=O) groups excluding carboxylic acids is 3. The lowest BCUT2D eigenvalue weighted by molar-refractivity contribution is -0.144. The summed E-state index contributed by atoms with van der Waals surface area (Å²) in [5, 5.41) is 27.0. The summed E-state index contributed by atoms with van der Waals surface area (Å²) < 4.78 is 0. The van der Waals surface area contributed by atoms with Gasteiger partial charge in [-0.3, -0.25) is 14.4 Å². The summed E-state index contributed by atoms with van der Waals surface area (Å²) in [6, 6.07) is 5.71. The van der Waals surface area contributed by atoms with Crippen molar-refractivity contribution in [3.63, 3.8) is 0 Å². The second-order valence-corrected chi connectivity index (χ2v) is 12.1. The van der Waals surface area contributed by atoms with Crippen LogP contribution in [0.25, 0.3) is 10.4 Å². The largest absolute Gasteiger partial charge is 0.465 e. The molecule has 1 aromatic carbocycles. The fourth-order valence-electron chi connectivity index (χ4n) is 4.69. The summed E-state index contributed by atoms with van der Waals surface area (Å²) in [6.45, 7) is 9.35. The van der Waals surface area contributed by atoms with E-state index in [0.29, 0.717) is 0 Å². The second kappa shape index (κ2) is 13.2. The van der Waals surface area contributed by atoms with E-state index in [1.165, 1.54) is 4.90 Å². The van der Waals surface area contributed by atoms with Gasteiger partial charge < -0.3 is 31.1 Å². The highest BCUT2D eigenvalue weighted by atomic mass is 32.1. The molecule has 1 aromatic heterocycles. The van der Waals surface area contributed by atoms with Crippen LogP contribution in [0, 0.1) is 12.3 Å². The van der Waals surface area contributed by atoms with Crippen LogP contribution in [0.5, 0.6) is 0 Å². The van der Waals surface area contributed by atoms with E-state index in [4.69, 9.17) is 5.11 Å². The molecule has 11 nitrogen and oxygen atoms in total. The number of β-amino-alcohol motifs (C(OH)–C–C–N with tert-alkyl or cyclic N) is 1. The molecule has 1 aliphatic rings. The molecule has 1 aliphatic heterocycles. The van der Waals surface area contributed by atoms with Gasteiger partial charge in [0.2, 0.25) is 17.7 Å². The Labute approximate surface area is 238 Å². The van der Waals surface area contributed by atoms with Gasteiger partial charge >= 0.3 is 6.09 Å². The zero-order valence-electron chi connectivity index (χ0n) is 23.6. The van der Waals surface area contributed by atoms with Crippen LogP contribution in [0.1, 0.15) is 64.3 Å². The quantitative estimate of drug-likeness (QED) is 0.273. The molecule has 2 aromatic rings. The summed E-state index contributed by atoms with van der Waals surface area (Å²) in [7, 11) is 0. The van der Waals surface area contributed by atoms with Crippen LogP contribution in [0.4, 0.5) is 4.79 Å². The lowest BCUT2D eigenvalue weighted by atomic mass is 9.85. The van der Waals surface area contributed by atoms with E-state index in [-0.39, 0.29) is 44.3 Å². The molecular formula is C28H39N5O6S. The number of benzene rings is 1. The van der Waals surface area contributed by atoms with E-state index in [9.17, 15) is 24.3 Å². The summed E-state index contributed by atoms with van der Waals surface area (Å²) in [5.41, 5.74) is 4.04. The molecule has 5 N–H and O–H groups in total. The number of aromatic nitrogens is 1. The van der Waals surface area contributed by atoms with Crippen molar-refractivity contribution < 1.29 is 29.4 Å². The number of aliphatic hydroxyl groups excluding tert-OH is 1.